The Labute approximate surface area is 62.5 Å². The second-order valence-electron chi connectivity index (χ2n) is 2.83. The van der Waals surface area contributed by atoms with Crippen molar-refractivity contribution in [3.63, 3.8) is 0 Å². The molecule has 0 aliphatic rings. The van der Waals surface area contributed by atoms with Gasteiger partial charge in [0.05, 0.1) is 0 Å². The van der Waals surface area contributed by atoms with E-state index >= 15 is 0 Å². The zero-order valence-corrected chi connectivity index (χ0v) is 7.21. The van der Waals surface area contributed by atoms with E-state index in [-0.39, 0.29) is 0 Å². The first-order valence-electron chi connectivity index (χ1n) is 3.81. The molecule has 0 unspecified atom stereocenters. The van der Waals surface area contributed by atoms with Crippen molar-refractivity contribution in [2.45, 2.75) is 34.1 Å². The Hall–Kier alpha value is -0.720. The minimum atomic E-state index is 1.11. The second kappa shape index (κ2) is 2.49. The third-order valence-electron chi connectivity index (χ3n) is 2.27. The van der Waals surface area contributed by atoms with E-state index in [2.05, 4.69) is 32.7 Å². The van der Waals surface area contributed by atoms with Crippen molar-refractivity contribution < 1.29 is 0 Å². The number of hydrogen-bond acceptors (Lipinski definition) is 0. The fraction of sp³-hybridized carbons (Fsp3) is 0.556. The monoisotopic (exact) mass is 137 g/mol. The molecule has 1 N–H and O–H groups in total. The molecule has 1 aromatic rings. The van der Waals surface area contributed by atoms with Crippen molar-refractivity contribution in [3.05, 3.63) is 22.5 Å². The predicted octanol–water partition coefficient (Wildman–Crippen LogP) is 2.50. The van der Waals surface area contributed by atoms with Crippen LogP contribution in [0.15, 0.2) is 0 Å². The van der Waals surface area contributed by atoms with Crippen molar-refractivity contribution in [1.29, 1.82) is 0 Å². The molecule has 0 saturated heterocycles. The molecule has 0 fully saturated rings. The quantitative estimate of drug-likeness (QED) is 0.612. The van der Waals surface area contributed by atoms with Gasteiger partial charge in [0.1, 0.15) is 0 Å². The molecule has 56 valence electrons. The molecule has 1 heterocycles. The molecule has 0 radical (unpaired) electrons. The van der Waals surface area contributed by atoms with Crippen LogP contribution in [0.2, 0.25) is 0 Å². The zero-order valence-electron chi connectivity index (χ0n) is 7.21. The van der Waals surface area contributed by atoms with Crippen LogP contribution in [0.3, 0.4) is 0 Å². The standard InChI is InChI=1S/C9H15N/c1-5-9-7(3)6(2)8(4)10-9/h10H,5H2,1-4H3. The predicted molar refractivity (Wildman–Crippen MR) is 44.4 cm³/mol. The van der Waals surface area contributed by atoms with Crippen molar-refractivity contribution >= 4 is 0 Å². The summed E-state index contributed by atoms with van der Waals surface area (Å²) in [5.74, 6) is 0. The molecule has 0 aromatic carbocycles. The third kappa shape index (κ3) is 0.962. The van der Waals surface area contributed by atoms with Crippen molar-refractivity contribution in [1.82, 2.24) is 4.98 Å². The SMILES string of the molecule is CCc1[nH]c(C)c(C)c1C. The summed E-state index contributed by atoms with van der Waals surface area (Å²) in [6, 6.07) is 0. The number of aryl methyl sites for hydroxylation is 2. The highest BCUT2D eigenvalue weighted by Crippen LogP contribution is 2.15. The summed E-state index contributed by atoms with van der Waals surface area (Å²) >= 11 is 0. The van der Waals surface area contributed by atoms with Crippen LogP contribution >= 0.6 is 0 Å². The van der Waals surface area contributed by atoms with Gasteiger partial charge in [-0.1, -0.05) is 6.92 Å². The number of aromatic amines is 1. The van der Waals surface area contributed by atoms with Gasteiger partial charge in [-0.25, -0.2) is 0 Å². The van der Waals surface area contributed by atoms with Crippen LogP contribution in [0.25, 0.3) is 0 Å². The van der Waals surface area contributed by atoms with Crippen LogP contribution in [0.1, 0.15) is 29.4 Å². The van der Waals surface area contributed by atoms with Crippen molar-refractivity contribution in [2.24, 2.45) is 0 Å². The number of H-pyrrole nitrogens is 1. The van der Waals surface area contributed by atoms with Crippen molar-refractivity contribution in [3.8, 4) is 0 Å². The lowest BCUT2D eigenvalue weighted by Crippen LogP contribution is -1.81. The Bertz CT molecular complexity index is 233. The highest BCUT2D eigenvalue weighted by atomic mass is 14.7. The largest absolute Gasteiger partial charge is 0.362 e. The number of nitrogens with one attached hydrogen (secondary N) is 1. The number of hydrogen-bond donors (Lipinski definition) is 1. The summed E-state index contributed by atoms with van der Waals surface area (Å²) in [5, 5.41) is 0. The van der Waals surface area contributed by atoms with E-state index in [4.69, 9.17) is 0 Å². The summed E-state index contributed by atoms with van der Waals surface area (Å²) in [4.78, 5) is 3.36. The van der Waals surface area contributed by atoms with Gasteiger partial charge in [-0.2, -0.15) is 0 Å². The van der Waals surface area contributed by atoms with Gasteiger partial charge >= 0.3 is 0 Å². The maximum absolute atomic E-state index is 3.36. The molecular formula is C9H15N. The van der Waals surface area contributed by atoms with Gasteiger partial charge in [-0.15, -0.1) is 0 Å². The summed E-state index contributed by atoms with van der Waals surface area (Å²) in [6.45, 7) is 8.65. The normalized spacial score (nSPS) is 10.4. The highest BCUT2D eigenvalue weighted by Gasteiger charge is 2.03. The number of aromatic nitrogens is 1. The Morgan fingerprint density at radius 2 is 1.70 bits per heavy atom. The molecule has 0 amide bonds. The van der Waals surface area contributed by atoms with E-state index < -0.39 is 0 Å². The second-order valence-corrected chi connectivity index (χ2v) is 2.83. The first-order chi connectivity index (χ1) is 4.66. The molecule has 1 nitrogen and oxygen atoms in total. The number of rotatable bonds is 1. The van der Waals surface area contributed by atoms with Crippen LogP contribution < -0.4 is 0 Å². The summed E-state index contributed by atoms with van der Waals surface area (Å²) in [6.07, 6.45) is 1.11. The van der Waals surface area contributed by atoms with E-state index in [1.165, 1.54) is 22.5 Å². The Morgan fingerprint density at radius 3 is 1.90 bits per heavy atom. The molecule has 0 aliphatic carbocycles. The maximum atomic E-state index is 3.36. The van der Waals surface area contributed by atoms with Gasteiger partial charge < -0.3 is 4.98 Å². The Kier molecular flexibility index (Phi) is 1.84. The molecule has 1 heteroatoms. The molecule has 0 aliphatic heterocycles. The van der Waals surface area contributed by atoms with Crippen LogP contribution in [0, 0.1) is 20.8 Å². The Balaban J connectivity index is 3.17. The molecule has 0 spiro atoms. The van der Waals surface area contributed by atoms with Crippen LogP contribution in [0.5, 0.6) is 0 Å². The minimum Gasteiger partial charge on any atom is -0.362 e. The smallest absolute Gasteiger partial charge is 0.0178 e. The molecular weight excluding hydrogens is 122 g/mol. The van der Waals surface area contributed by atoms with E-state index in [1.54, 1.807) is 0 Å². The average Bonchev–Trinajstić information content (AvgIpc) is 2.17. The molecule has 0 saturated carbocycles. The van der Waals surface area contributed by atoms with Gasteiger partial charge in [-0.3, -0.25) is 0 Å². The average molecular weight is 137 g/mol. The van der Waals surface area contributed by atoms with Crippen LogP contribution in [-0.4, -0.2) is 4.98 Å². The van der Waals surface area contributed by atoms with E-state index in [1.807, 2.05) is 0 Å². The fourth-order valence-corrected chi connectivity index (χ4v) is 1.27. The summed E-state index contributed by atoms with van der Waals surface area (Å²) in [5.41, 5.74) is 5.54. The van der Waals surface area contributed by atoms with Crippen LogP contribution in [-0.2, 0) is 6.42 Å². The molecule has 10 heavy (non-hydrogen) atoms. The molecule has 0 atom stereocenters. The first kappa shape index (κ1) is 7.39. The lowest BCUT2D eigenvalue weighted by atomic mass is 10.1. The Morgan fingerprint density at radius 1 is 1.10 bits per heavy atom. The van der Waals surface area contributed by atoms with Gasteiger partial charge in [-0.05, 0) is 38.3 Å². The van der Waals surface area contributed by atoms with Gasteiger partial charge in [0.2, 0.25) is 0 Å². The van der Waals surface area contributed by atoms with Gasteiger partial charge in [0.15, 0.2) is 0 Å². The van der Waals surface area contributed by atoms with Gasteiger partial charge in [0, 0.05) is 11.4 Å². The lowest BCUT2D eigenvalue weighted by Gasteiger charge is -1.92. The minimum absolute atomic E-state index is 1.11. The fourth-order valence-electron chi connectivity index (χ4n) is 1.27. The first-order valence-corrected chi connectivity index (χ1v) is 3.81. The van der Waals surface area contributed by atoms with Gasteiger partial charge in [0.25, 0.3) is 0 Å². The van der Waals surface area contributed by atoms with Crippen molar-refractivity contribution in [2.75, 3.05) is 0 Å². The topological polar surface area (TPSA) is 15.8 Å². The van der Waals surface area contributed by atoms with E-state index in [0.717, 1.165) is 6.42 Å². The highest BCUT2D eigenvalue weighted by molar-refractivity contribution is 5.33. The van der Waals surface area contributed by atoms with E-state index in [9.17, 15) is 0 Å². The lowest BCUT2D eigenvalue weighted by molar-refractivity contribution is 1.03. The molecule has 1 aromatic heterocycles. The maximum Gasteiger partial charge on any atom is 0.0178 e. The molecule has 0 bridgehead atoms. The van der Waals surface area contributed by atoms with Crippen LogP contribution in [0.4, 0.5) is 0 Å². The third-order valence-corrected chi connectivity index (χ3v) is 2.27. The molecule has 1 rings (SSSR count). The van der Waals surface area contributed by atoms with E-state index in [0.29, 0.717) is 0 Å². The summed E-state index contributed by atoms with van der Waals surface area (Å²) < 4.78 is 0. The summed E-state index contributed by atoms with van der Waals surface area (Å²) in [7, 11) is 0. The zero-order chi connectivity index (χ0) is 7.72.